The van der Waals surface area contributed by atoms with E-state index in [0.29, 0.717) is 5.96 Å². The highest BCUT2D eigenvalue weighted by Crippen LogP contribution is 2.10. The fraction of sp³-hybridized carbons (Fsp3) is 0.400. The molecule has 0 radical (unpaired) electrons. The fourth-order valence-electron chi connectivity index (χ4n) is 1.39. The maximum Gasteiger partial charge on any atom is 0.223 e. The summed E-state index contributed by atoms with van der Waals surface area (Å²) < 4.78 is 0. The van der Waals surface area contributed by atoms with E-state index in [2.05, 4.69) is 28.2 Å². The number of nitrogens with two attached hydrogens (primary N) is 2. The Morgan fingerprint density at radius 3 is 2.73 bits per heavy atom. The Morgan fingerprint density at radius 1 is 1.53 bits per heavy atom. The van der Waals surface area contributed by atoms with Crippen LogP contribution in [-0.4, -0.2) is 37.5 Å². The highest BCUT2D eigenvalue weighted by Gasteiger charge is 2.07. The van der Waals surface area contributed by atoms with Crippen molar-refractivity contribution in [2.45, 2.75) is 6.42 Å². The van der Waals surface area contributed by atoms with Crippen molar-refractivity contribution in [1.82, 2.24) is 4.90 Å². The zero-order valence-corrected chi connectivity index (χ0v) is 9.14. The van der Waals surface area contributed by atoms with Crippen molar-refractivity contribution in [3.8, 4) is 0 Å². The number of hydrogen-bond acceptors (Lipinski definition) is 1. The minimum absolute atomic E-state index is 0.0263. The number of hydrogen-bond donors (Lipinski definition) is 2. The van der Waals surface area contributed by atoms with Crippen LogP contribution in [-0.2, 0) is 0 Å². The molecule has 0 aromatic carbocycles. The van der Waals surface area contributed by atoms with Crippen molar-refractivity contribution < 1.29 is 0 Å². The van der Waals surface area contributed by atoms with Gasteiger partial charge in [0.15, 0.2) is 5.96 Å². The van der Waals surface area contributed by atoms with Crippen LogP contribution in [0.5, 0.6) is 0 Å². The van der Waals surface area contributed by atoms with Gasteiger partial charge in [0.1, 0.15) is 0 Å². The lowest BCUT2D eigenvalue weighted by Gasteiger charge is -2.17. The van der Waals surface area contributed by atoms with Gasteiger partial charge in [0.2, 0.25) is 5.96 Å². The Labute approximate surface area is 89.9 Å². The number of aliphatic imine (C=N–C) groups is 2. The Bertz CT molecular complexity index is 334. The van der Waals surface area contributed by atoms with E-state index >= 15 is 0 Å². The predicted molar refractivity (Wildman–Crippen MR) is 63.6 cm³/mol. The van der Waals surface area contributed by atoms with Crippen LogP contribution < -0.4 is 11.5 Å². The number of nitrogens with zero attached hydrogens (tertiary/aromatic N) is 3. The quantitative estimate of drug-likeness (QED) is 0.496. The van der Waals surface area contributed by atoms with Crippen LogP contribution in [0.4, 0.5) is 0 Å². The molecular formula is C10H17N5. The molecule has 0 aromatic rings. The molecule has 0 aromatic heterocycles. The molecular weight excluding hydrogens is 190 g/mol. The van der Waals surface area contributed by atoms with Crippen LogP contribution in [0.1, 0.15) is 6.42 Å². The normalized spacial score (nSPS) is 15.1. The Balaban J connectivity index is 2.62. The first-order chi connectivity index (χ1) is 7.13. The Kier molecular flexibility index (Phi) is 3.91. The van der Waals surface area contributed by atoms with E-state index in [1.165, 1.54) is 5.57 Å². The van der Waals surface area contributed by atoms with Gasteiger partial charge < -0.3 is 16.4 Å². The van der Waals surface area contributed by atoms with Crippen LogP contribution in [0.15, 0.2) is 33.8 Å². The topological polar surface area (TPSA) is 80.0 Å². The summed E-state index contributed by atoms with van der Waals surface area (Å²) in [5.74, 6) is 0.564. The van der Waals surface area contributed by atoms with Gasteiger partial charge in [-0.25, -0.2) is 0 Å². The molecule has 0 amide bonds. The molecule has 0 saturated heterocycles. The molecule has 0 bridgehead atoms. The van der Waals surface area contributed by atoms with Crippen LogP contribution in [0.3, 0.4) is 0 Å². The van der Waals surface area contributed by atoms with Crippen molar-refractivity contribution in [2.24, 2.45) is 21.5 Å². The van der Waals surface area contributed by atoms with Crippen molar-refractivity contribution in [3.63, 3.8) is 0 Å². The van der Waals surface area contributed by atoms with E-state index < -0.39 is 0 Å². The summed E-state index contributed by atoms with van der Waals surface area (Å²) in [5.41, 5.74) is 11.9. The van der Waals surface area contributed by atoms with E-state index in [9.17, 15) is 0 Å². The number of rotatable bonds is 2. The SMILES string of the molecule is CN=C(N=C(N)N)N(C)CC1=CCC=C1. The second kappa shape index (κ2) is 5.19. The summed E-state index contributed by atoms with van der Waals surface area (Å²) in [4.78, 5) is 9.85. The van der Waals surface area contributed by atoms with Crippen molar-refractivity contribution in [2.75, 3.05) is 20.6 Å². The third-order valence-corrected chi connectivity index (χ3v) is 2.04. The Morgan fingerprint density at radius 2 is 2.27 bits per heavy atom. The highest BCUT2D eigenvalue weighted by atomic mass is 15.3. The standard InChI is InChI=1S/C10H17N5/c1-13-10(14-9(11)12)15(2)7-8-5-3-4-6-8/h3,5-6H,4,7H2,1-2H3,(H4,11,12,13,14). The van der Waals surface area contributed by atoms with Crippen LogP contribution in [0.25, 0.3) is 0 Å². The molecule has 0 atom stereocenters. The molecule has 0 unspecified atom stereocenters. The van der Waals surface area contributed by atoms with Gasteiger partial charge in [0, 0.05) is 20.6 Å². The summed E-state index contributed by atoms with van der Waals surface area (Å²) in [5, 5.41) is 0. The number of allylic oxidation sites excluding steroid dienone is 2. The highest BCUT2D eigenvalue weighted by molar-refractivity contribution is 5.93. The summed E-state index contributed by atoms with van der Waals surface area (Å²) in [6.07, 6.45) is 7.38. The predicted octanol–water partition coefficient (Wildman–Crippen LogP) is 0.0637. The van der Waals surface area contributed by atoms with Crippen molar-refractivity contribution in [3.05, 3.63) is 23.8 Å². The minimum Gasteiger partial charge on any atom is -0.370 e. The number of guanidine groups is 2. The first-order valence-corrected chi connectivity index (χ1v) is 4.76. The fourth-order valence-corrected chi connectivity index (χ4v) is 1.39. The lowest BCUT2D eigenvalue weighted by Crippen LogP contribution is -2.32. The molecule has 15 heavy (non-hydrogen) atoms. The van der Waals surface area contributed by atoms with E-state index in [-0.39, 0.29) is 5.96 Å². The molecule has 0 spiro atoms. The minimum atomic E-state index is 0.0263. The molecule has 1 aliphatic rings. The van der Waals surface area contributed by atoms with Gasteiger partial charge in [0.05, 0.1) is 0 Å². The van der Waals surface area contributed by atoms with Crippen LogP contribution >= 0.6 is 0 Å². The monoisotopic (exact) mass is 207 g/mol. The average Bonchev–Trinajstić information content (AvgIpc) is 2.66. The molecule has 82 valence electrons. The third-order valence-electron chi connectivity index (χ3n) is 2.04. The summed E-state index contributed by atoms with van der Waals surface area (Å²) in [7, 11) is 3.57. The van der Waals surface area contributed by atoms with Crippen molar-refractivity contribution >= 4 is 11.9 Å². The zero-order chi connectivity index (χ0) is 11.3. The summed E-state index contributed by atoms with van der Waals surface area (Å²) >= 11 is 0. The molecule has 0 aliphatic heterocycles. The smallest absolute Gasteiger partial charge is 0.223 e. The van der Waals surface area contributed by atoms with E-state index in [1.54, 1.807) is 7.05 Å². The maximum absolute atomic E-state index is 5.31. The van der Waals surface area contributed by atoms with E-state index in [4.69, 9.17) is 11.5 Å². The van der Waals surface area contributed by atoms with Gasteiger partial charge in [-0.3, -0.25) is 4.99 Å². The second-order valence-corrected chi connectivity index (χ2v) is 3.33. The van der Waals surface area contributed by atoms with E-state index in [1.807, 2.05) is 11.9 Å². The Hall–Kier alpha value is -1.78. The second-order valence-electron chi connectivity index (χ2n) is 3.33. The van der Waals surface area contributed by atoms with Gasteiger partial charge in [-0.2, -0.15) is 4.99 Å². The zero-order valence-electron chi connectivity index (χ0n) is 9.14. The van der Waals surface area contributed by atoms with Gasteiger partial charge >= 0.3 is 0 Å². The summed E-state index contributed by atoms with van der Waals surface area (Å²) in [6, 6.07) is 0. The average molecular weight is 207 g/mol. The first-order valence-electron chi connectivity index (χ1n) is 4.76. The lowest BCUT2D eigenvalue weighted by atomic mass is 10.3. The molecule has 0 saturated carbocycles. The molecule has 4 N–H and O–H groups in total. The van der Waals surface area contributed by atoms with Crippen molar-refractivity contribution in [1.29, 1.82) is 0 Å². The van der Waals surface area contributed by atoms with Gasteiger partial charge in [-0.1, -0.05) is 18.2 Å². The number of likely N-dealkylation sites (N-methyl/N-ethyl adjacent to an activating group) is 1. The summed E-state index contributed by atoms with van der Waals surface area (Å²) in [6.45, 7) is 0.764. The molecule has 5 heteroatoms. The molecule has 1 rings (SSSR count). The molecule has 0 fully saturated rings. The maximum atomic E-state index is 5.31. The molecule has 5 nitrogen and oxygen atoms in total. The third kappa shape index (κ3) is 3.46. The van der Waals surface area contributed by atoms with Crippen LogP contribution in [0.2, 0.25) is 0 Å². The van der Waals surface area contributed by atoms with E-state index in [0.717, 1.165) is 13.0 Å². The van der Waals surface area contributed by atoms with Crippen LogP contribution in [0, 0.1) is 0 Å². The van der Waals surface area contributed by atoms with Gasteiger partial charge in [-0.15, -0.1) is 0 Å². The first kappa shape index (κ1) is 11.3. The van der Waals surface area contributed by atoms with Gasteiger partial charge in [-0.05, 0) is 12.0 Å². The lowest BCUT2D eigenvalue weighted by molar-refractivity contribution is 0.547. The van der Waals surface area contributed by atoms with Gasteiger partial charge in [0.25, 0.3) is 0 Å². The largest absolute Gasteiger partial charge is 0.370 e. The molecule has 0 heterocycles. The molecule has 1 aliphatic carbocycles.